The Morgan fingerprint density at radius 3 is 1.87 bits per heavy atom. The van der Waals surface area contributed by atoms with Crippen LogP contribution in [0.4, 0.5) is 0 Å². The predicted molar refractivity (Wildman–Crippen MR) is 198 cm³/mol. The van der Waals surface area contributed by atoms with Crippen LogP contribution in [0.1, 0.15) is 28.9 Å². The van der Waals surface area contributed by atoms with Gasteiger partial charge in [0.15, 0.2) is 0 Å². The molecule has 2 heterocycles. The lowest BCUT2D eigenvalue weighted by molar-refractivity contribution is 0.547. The van der Waals surface area contributed by atoms with Gasteiger partial charge in [-0.25, -0.2) is 0 Å². The van der Waals surface area contributed by atoms with Crippen LogP contribution in [0.2, 0.25) is 0 Å². The van der Waals surface area contributed by atoms with Crippen LogP contribution in [-0.4, -0.2) is 0 Å². The zero-order chi connectivity index (χ0) is 30.8. The maximum Gasteiger partial charge on any atom is 0.143 e. The first-order valence-electron chi connectivity index (χ1n) is 16.1. The Labute approximate surface area is 273 Å². The van der Waals surface area contributed by atoms with Crippen molar-refractivity contribution in [2.45, 2.75) is 26.7 Å². The molecule has 0 unspecified atom stereocenters. The molecule has 9 rings (SSSR count). The van der Waals surface area contributed by atoms with E-state index in [1.165, 1.54) is 86.8 Å². The SMILES string of the molecule is Cc1ccc(-c2c3ccccc3c(-c3ccc(C)cc3)c3cc(-c4ccc(-c5cccc6c7c(oc56)CCC=C7)s4)ccc23)cc1. The third kappa shape index (κ3) is 4.36. The van der Waals surface area contributed by atoms with Crippen LogP contribution in [0.15, 0.2) is 132 Å². The molecule has 6 aromatic carbocycles. The summed E-state index contributed by atoms with van der Waals surface area (Å²) in [7, 11) is 0. The number of aryl methyl sites for hydroxylation is 3. The van der Waals surface area contributed by atoms with Gasteiger partial charge in [-0.2, -0.15) is 0 Å². The van der Waals surface area contributed by atoms with Crippen molar-refractivity contribution in [3.8, 4) is 43.1 Å². The van der Waals surface area contributed by atoms with Gasteiger partial charge >= 0.3 is 0 Å². The average molecular weight is 609 g/mol. The first kappa shape index (κ1) is 27.2. The Morgan fingerprint density at radius 2 is 1.15 bits per heavy atom. The Bertz CT molecular complexity index is 2470. The molecule has 0 atom stereocenters. The highest BCUT2D eigenvalue weighted by molar-refractivity contribution is 7.18. The molecule has 0 radical (unpaired) electrons. The molecule has 2 aromatic heterocycles. The molecule has 0 spiro atoms. The lowest BCUT2D eigenvalue weighted by Crippen LogP contribution is -1.91. The maximum absolute atomic E-state index is 6.48. The van der Waals surface area contributed by atoms with E-state index in [4.69, 9.17) is 4.42 Å². The van der Waals surface area contributed by atoms with Gasteiger partial charge in [0.05, 0.1) is 0 Å². The predicted octanol–water partition coefficient (Wildman–Crippen LogP) is 13.0. The molecule has 1 aliphatic rings. The lowest BCUT2D eigenvalue weighted by atomic mass is 9.85. The van der Waals surface area contributed by atoms with E-state index in [0.717, 1.165) is 24.2 Å². The third-order valence-electron chi connectivity index (χ3n) is 9.51. The van der Waals surface area contributed by atoms with E-state index >= 15 is 0 Å². The Kier molecular flexibility index (Phi) is 6.33. The number of rotatable bonds is 4. The fourth-order valence-electron chi connectivity index (χ4n) is 7.20. The number of benzene rings is 6. The largest absolute Gasteiger partial charge is 0.460 e. The fourth-order valence-corrected chi connectivity index (χ4v) is 8.22. The molecule has 1 aliphatic carbocycles. The van der Waals surface area contributed by atoms with Gasteiger partial charge in [-0.15, -0.1) is 11.3 Å². The van der Waals surface area contributed by atoms with Crippen LogP contribution in [0.25, 0.3) is 81.7 Å². The second-order valence-corrected chi connectivity index (χ2v) is 13.6. The summed E-state index contributed by atoms with van der Waals surface area (Å²) in [6.07, 6.45) is 6.49. The summed E-state index contributed by atoms with van der Waals surface area (Å²) < 4.78 is 6.48. The maximum atomic E-state index is 6.48. The lowest BCUT2D eigenvalue weighted by Gasteiger charge is -2.18. The number of allylic oxidation sites excluding steroid dienone is 1. The molecule has 0 saturated heterocycles. The highest BCUT2D eigenvalue weighted by Crippen LogP contribution is 2.46. The smallest absolute Gasteiger partial charge is 0.143 e. The highest BCUT2D eigenvalue weighted by atomic mass is 32.1. The van der Waals surface area contributed by atoms with E-state index in [9.17, 15) is 0 Å². The van der Waals surface area contributed by atoms with Gasteiger partial charge in [-0.3, -0.25) is 0 Å². The molecule has 0 amide bonds. The molecule has 0 N–H and O–H groups in total. The van der Waals surface area contributed by atoms with Gasteiger partial charge in [0, 0.05) is 32.7 Å². The molecule has 2 heteroatoms. The van der Waals surface area contributed by atoms with E-state index in [2.05, 4.69) is 147 Å². The van der Waals surface area contributed by atoms with Crippen molar-refractivity contribution in [1.82, 2.24) is 0 Å². The molecule has 0 bridgehead atoms. The van der Waals surface area contributed by atoms with Gasteiger partial charge < -0.3 is 4.42 Å². The van der Waals surface area contributed by atoms with Gasteiger partial charge in [0.2, 0.25) is 0 Å². The number of para-hydroxylation sites is 1. The van der Waals surface area contributed by atoms with Crippen LogP contribution >= 0.6 is 11.3 Å². The molecule has 0 saturated carbocycles. The van der Waals surface area contributed by atoms with Crippen molar-refractivity contribution in [2.24, 2.45) is 0 Å². The van der Waals surface area contributed by atoms with E-state index in [-0.39, 0.29) is 0 Å². The van der Waals surface area contributed by atoms with Crippen molar-refractivity contribution in [3.63, 3.8) is 0 Å². The molecular formula is C44H32OS. The highest BCUT2D eigenvalue weighted by Gasteiger charge is 2.20. The molecule has 1 nitrogen and oxygen atoms in total. The quantitative estimate of drug-likeness (QED) is 0.181. The van der Waals surface area contributed by atoms with Gasteiger partial charge in [0.25, 0.3) is 0 Å². The van der Waals surface area contributed by atoms with Crippen molar-refractivity contribution in [1.29, 1.82) is 0 Å². The minimum absolute atomic E-state index is 0.968. The molecular weight excluding hydrogens is 577 g/mol. The van der Waals surface area contributed by atoms with Crippen LogP contribution < -0.4 is 0 Å². The average Bonchev–Trinajstić information content (AvgIpc) is 3.74. The van der Waals surface area contributed by atoms with E-state index in [1.54, 1.807) is 0 Å². The molecule has 46 heavy (non-hydrogen) atoms. The summed E-state index contributed by atoms with van der Waals surface area (Å²) in [4.78, 5) is 2.48. The number of thiophene rings is 1. The van der Waals surface area contributed by atoms with Crippen LogP contribution in [0.5, 0.6) is 0 Å². The number of hydrogen-bond donors (Lipinski definition) is 0. The molecule has 0 fully saturated rings. The van der Waals surface area contributed by atoms with Crippen molar-refractivity contribution < 1.29 is 4.42 Å². The second-order valence-electron chi connectivity index (χ2n) is 12.5. The molecule has 0 aliphatic heterocycles. The first-order chi connectivity index (χ1) is 22.6. The fraction of sp³-hybridized carbons (Fsp3) is 0.0909. The summed E-state index contributed by atoms with van der Waals surface area (Å²) in [5, 5.41) is 6.32. The van der Waals surface area contributed by atoms with E-state index in [0.29, 0.717) is 0 Å². The van der Waals surface area contributed by atoms with Crippen LogP contribution in [0.3, 0.4) is 0 Å². The standard InChI is InChI=1S/C44H32OS/c1-27-14-18-29(19-15-27)42-33-9-3-4-10-34(33)43(30-20-16-28(2)17-21-30)38-26-31(22-23-35(38)42)40-24-25-41(46-40)37-12-7-11-36-32-8-5-6-13-39(32)45-44(36)37/h3-5,7-12,14-26H,6,13H2,1-2H3. The molecule has 220 valence electrons. The van der Waals surface area contributed by atoms with Crippen molar-refractivity contribution in [2.75, 3.05) is 0 Å². The number of hydrogen-bond acceptors (Lipinski definition) is 2. The minimum atomic E-state index is 0.968. The third-order valence-corrected chi connectivity index (χ3v) is 10.7. The number of fused-ring (bicyclic) bond motifs is 5. The van der Waals surface area contributed by atoms with Crippen molar-refractivity contribution >= 4 is 49.9 Å². The van der Waals surface area contributed by atoms with E-state index in [1.807, 2.05) is 11.3 Å². The van der Waals surface area contributed by atoms with Crippen molar-refractivity contribution in [3.05, 3.63) is 150 Å². The van der Waals surface area contributed by atoms with Crippen LogP contribution in [-0.2, 0) is 6.42 Å². The zero-order valence-electron chi connectivity index (χ0n) is 25.9. The summed E-state index contributed by atoms with van der Waals surface area (Å²) >= 11 is 1.84. The summed E-state index contributed by atoms with van der Waals surface area (Å²) in [5.74, 6) is 1.11. The first-order valence-corrected chi connectivity index (χ1v) is 16.9. The van der Waals surface area contributed by atoms with Gasteiger partial charge in [0.1, 0.15) is 11.3 Å². The Balaban J connectivity index is 1.26. The second kappa shape index (κ2) is 10.7. The summed E-state index contributed by atoms with van der Waals surface area (Å²) in [5.41, 5.74) is 12.3. The monoisotopic (exact) mass is 608 g/mol. The van der Waals surface area contributed by atoms with E-state index < -0.39 is 0 Å². The summed E-state index contributed by atoms with van der Waals surface area (Å²) in [6, 6.07) is 45.0. The van der Waals surface area contributed by atoms with Crippen LogP contribution in [0, 0.1) is 13.8 Å². The normalized spacial score (nSPS) is 12.7. The topological polar surface area (TPSA) is 13.1 Å². The molecule has 8 aromatic rings. The van der Waals surface area contributed by atoms with Gasteiger partial charge in [-0.1, -0.05) is 120 Å². The zero-order valence-corrected chi connectivity index (χ0v) is 26.7. The Hall–Kier alpha value is -5.18. The minimum Gasteiger partial charge on any atom is -0.460 e. The number of furan rings is 1. The Morgan fingerprint density at radius 1 is 0.543 bits per heavy atom. The summed E-state index contributed by atoms with van der Waals surface area (Å²) in [6.45, 7) is 4.31. The van der Waals surface area contributed by atoms with Gasteiger partial charge in [-0.05, 0) is 93.9 Å².